The lowest BCUT2D eigenvalue weighted by Gasteiger charge is -2.15. The van der Waals surface area contributed by atoms with Gasteiger partial charge in [0.1, 0.15) is 0 Å². The van der Waals surface area contributed by atoms with Crippen LogP contribution >= 0.6 is 24.8 Å². The minimum Gasteiger partial charge on any atom is -0.352 e. The number of fused-ring (bicyclic) bond motifs is 1. The van der Waals surface area contributed by atoms with Crippen molar-refractivity contribution in [1.82, 2.24) is 25.4 Å². The van der Waals surface area contributed by atoms with Crippen LogP contribution in [0.4, 0.5) is 0 Å². The van der Waals surface area contributed by atoms with Gasteiger partial charge >= 0.3 is 0 Å². The summed E-state index contributed by atoms with van der Waals surface area (Å²) in [6.45, 7) is 6.32. The van der Waals surface area contributed by atoms with Gasteiger partial charge < -0.3 is 10.6 Å². The van der Waals surface area contributed by atoms with Crippen molar-refractivity contribution >= 4 is 41.8 Å². The number of H-pyrrole nitrogens is 1. The molecule has 0 aliphatic carbocycles. The second kappa shape index (κ2) is 9.92. The number of rotatable bonds is 5. The summed E-state index contributed by atoms with van der Waals surface area (Å²) in [5, 5.41) is 9.60. The number of halogens is 2. The zero-order valence-electron chi connectivity index (χ0n) is 15.8. The normalized spacial score (nSPS) is 13.5. The van der Waals surface area contributed by atoms with Gasteiger partial charge in [0, 0.05) is 32.3 Å². The molecule has 27 heavy (non-hydrogen) atoms. The summed E-state index contributed by atoms with van der Waals surface area (Å²) in [5.41, 5.74) is 4.57. The number of hydrogen-bond acceptors (Lipinski definition) is 4. The van der Waals surface area contributed by atoms with E-state index in [1.54, 1.807) is 11.7 Å². The van der Waals surface area contributed by atoms with E-state index in [0.717, 1.165) is 36.3 Å². The largest absolute Gasteiger partial charge is 0.352 e. The van der Waals surface area contributed by atoms with Crippen LogP contribution in [-0.4, -0.2) is 40.3 Å². The highest BCUT2D eigenvalue weighted by Gasteiger charge is 2.16. The van der Waals surface area contributed by atoms with E-state index in [2.05, 4.69) is 26.8 Å². The summed E-state index contributed by atoms with van der Waals surface area (Å²) in [4.78, 5) is 28.8. The van der Waals surface area contributed by atoms with Gasteiger partial charge in [0.05, 0.1) is 5.39 Å². The standard InChI is InChI=1S/C18H25N5O2.2ClH/c1-11-14(12(2)21-17-16(11)18(25)22-23(17)3)4-5-15(24)20-10-13-6-8-19-9-7-13;;/h6,19H,4-5,7-10H2,1-3H3,(H,20,24)(H,22,25);2*1H. The van der Waals surface area contributed by atoms with Gasteiger partial charge in [0.15, 0.2) is 5.65 Å². The highest BCUT2D eigenvalue weighted by atomic mass is 35.5. The van der Waals surface area contributed by atoms with Gasteiger partial charge in [0.25, 0.3) is 5.56 Å². The summed E-state index contributed by atoms with van der Waals surface area (Å²) < 4.78 is 1.64. The third-order valence-corrected chi connectivity index (χ3v) is 4.85. The van der Waals surface area contributed by atoms with Crippen molar-refractivity contribution in [2.75, 3.05) is 19.6 Å². The van der Waals surface area contributed by atoms with E-state index in [1.165, 1.54) is 5.57 Å². The lowest BCUT2D eigenvalue weighted by atomic mass is 10.00. The fourth-order valence-corrected chi connectivity index (χ4v) is 3.39. The van der Waals surface area contributed by atoms with Crippen molar-refractivity contribution < 1.29 is 4.79 Å². The number of pyridine rings is 1. The molecule has 1 aliphatic heterocycles. The van der Waals surface area contributed by atoms with Gasteiger partial charge in [0.2, 0.25) is 5.91 Å². The number of amides is 1. The van der Waals surface area contributed by atoms with Gasteiger partial charge in [-0.15, -0.1) is 24.8 Å². The topological polar surface area (TPSA) is 91.8 Å². The Labute approximate surface area is 170 Å². The Morgan fingerprint density at radius 1 is 1.33 bits per heavy atom. The average Bonchev–Trinajstić information content (AvgIpc) is 2.87. The minimum absolute atomic E-state index is 0. The van der Waals surface area contributed by atoms with E-state index in [-0.39, 0.29) is 36.3 Å². The van der Waals surface area contributed by atoms with Gasteiger partial charge in [-0.2, -0.15) is 0 Å². The second-order valence-electron chi connectivity index (χ2n) is 6.59. The molecule has 1 aliphatic rings. The van der Waals surface area contributed by atoms with Gasteiger partial charge in [-0.05, 0) is 44.4 Å². The van der Waals surface area contributed by atoms with Crippen molar-refractivity contribution in [2.45, 2.75) is 33.1 Å². The smallest absolute Gasteiger partial charge is 0.273 e. The maximum atomic E-state index is 12.2. The first-order chi connectivity index (χ1) is 12.0. The molecule has 0 radical (unpaired) electrons. The predicted octanol–water partition coefficient (Wildman–Crippen LogP) is 1.69. The molecule has 0 fully saturated rings. The van der Waals surface area contributed by atoms with Crippen LogP contribution in [0.2, 0.25) is 0 Å². The summed E-state index contributed by atoms with van der Waals surface area (Å²) in [5.74, 6) is 0.0281. The van der Waals surface area contributed by atoms with Gasteiger partial charge in [-0.25, -0.2) is 4.98 Å². The highest BCUT2D eigenvalue weighted by molar-refractivity contribution is 5.85. The Bertz CT molecular complexity index is 901. The van der Waals surface area contributed by atoms with Crippen molar-refractivity contribution in [1.29, 1.82) is 0 Å². The fourth-order valence-electron chi connectivity index (χ4n) is 3.39. The Morgan fingerprint density at radius 2 is 2.07 bits per heavy atom. The van der Waals surface area contributed by atoms with Crippen LogP contribution in [-0.2, 0) is 18.3 Å². The molecule has 0 unspecified atom stereocenters. The molecule has 0 saturated heterocycles. The SMILES string of the molecule is Cc1nc2c(c(C)c1CCC(=O)NCC1=CCNCC1)c(=O)[nH]n2C.Cl.Cl. The Kier molecular flexibility index (Phi) is 8.53. The van der Waals surface area contributed by atoms with Crippen LogP contribution in [0.25, 0.3) is 11.0 Å². The summed E-state index contributed by atoms with van der Waals surface area (Å²) in [6, 6.07) is 0. The molecule has 0 saturated carbocycles. The summed E-state index contributed by atoms with van der Waals surface area (Å²) in [6.07, 6.45) is 4.10. The molecular formula is C18H27Cl2N5O2. The van der Waals surface area contributed by atoms with E-state index >= 15 is 0 Å². The Morgan fingerprint density at radius 3 is 2.74 bits per heavy atom. The predicted molar refractivity (Wildman–Crippen MR) is 112 cm³/mol. The third kappa shape index (κ3) is 5.12. The first-order valence-electron chi connectivity index (χ1n) is 8.67. The van der Waals surface area contributed by atoms with Crippen LogP contribution in [0.3, 0.4) is 0 Å². The first-order valence-corrected chi connectivity index (χ1v) is 8.67. The minimum atomic E-state index is -0.133. The molecule has 3 rings (SSSR count). The van der Waals surface area contributed by atoms with Crippen molar-refractivity contribution in [3.63, 3.8) is 0 Å². The number of hydrogen-bond donors (Lipinski definition) is 3. The Hall–Kier alpha value is -1.83. The molecule has 150 valence electrons. The lowest BCUT2D eigenvalue weighted by molar-refractivity contribution is -0.120. The number of aromatic amines is 1. The molecule has 0 aromatic carbocycles. The number of aromatic nitrogens is 3. The quantitative estimate of drug-likeness (QED) is 0.647. The molecule has 3 heterocycles. The maximum Gasteiger partial charge on any atom is 0.273 e. The van der Waals surface area contributed by atoms with E-state index in [1.807, 2.05) is 13.8 Å². The summed E-state index contributed by atoms with van der Waals surface area (Å²) >= 11 is 0. The zero-order valence-corrected chi connectivity index (χ0v) is 17.5. The van der Waals surface area contributed by atoms with Gasteiger partial charge in [-0.1, -0.05) is 11.6 Å². The Balaban J connectivity index is 0.00000182. The molecule has 0 atom stereocenters. The van der Waals surface area contributed by atoms with Crippen molar-refractivity contribution in [3.8, 4) is 0 Å². The highest BCUT2D eigenvalue weighted by Crippen LogP contribution is 2.21. The summed E-state index contributed by atoms with van der Waals surface area (Å²) in [7, 11) is 1.78. The maximum absolute atomic E-state index is 12.2. The van der Waals surface area contributed by atoms with Crippen LogP contribution in [0.1, 0.15) is 29.7 Å². The number of nitrogens with one attached hydrogen (secondary N) is 3. The number of aryl methyl sites for hydroxylation is 3. The van der Waals surface area contributed by atoms with E-state index in [4.69, 9.17) is 0 Å². The average molecular weight is 416 g/mol. The van der Waals surface area contributed by atoms with E-state index < -0.39 is 0 Å². The molecule has 7 nitrogen and oxygen atoms in total. The molecule has 3 N–H and O–H groups in total. The van der Waals surface area contributed by atoms with Crippen LogP contribution in [0, 0.1) is 13.8 Å². The third-order valence-electron chi connectivity index (χ3n) is 4.85. The number of carbonyl (C=O) groups is 1. The monoisotopic (exact) mass is 415 g/mol. The van der Waals surface area contributed by atoms with Crippen molar-refractivity contribution in [3.05, 3.63) is 38.8 Å². The second-order valence-corrected chi connectivity index (χ2v) is 6.59. The van der Waals surface area contributed by atoms with Gasteiger partial charge in [-0.3, -0.25) is 19.4 Å². The number of carbonyl (C=O) groups excluding carboxylic acids is 1. The molecule has 2 aromatic rings. The van der Waals surface area contributed by atoms with E-state index in [9.17, 15) is 9.59 Å². The fraction of sp³-hybridized carbons (Fsp3) is 0.500. The molecular weight excluding hydrogens is 389 g/mol. The zero-order chi connectivity index (χ0) is 18.0. The van der Waals surface area contributed by atoms with Crippen LogP contribution in [0.5, 0.6) is 0 Å². The molecule has 0 spiro atoms. The first kappa shape index (κ1) is 23.2. The molecule has 9 heteroatoms. The van der Waals surface area contributed by atoms with Crippen LogP contribution in [0.15, 0.2) is 16.4 Å². The number of nitrogens with zero attached hydrogens (tertiary/aromatic N) is 2. The lowest BCUT2D eigenvalue weighted by Crippen LogP contribution is -2.29. The molecule has 1 amide bonds. The molecule has 0 bridgehead atoms. The van der Waals surface area contributed by atoms with Crippen LogP contribution < -0.4 is 16.2 Å². The molecule has 2 aromatic heterocycles. The van der Waals surface area contributed by atoms with E-state index in [0.29, 0.717) is 30.4 Å². The van der Waals surface area contributed by atoms with Crippen molar-refractivity contribution in [2.24, 2.45) is 7.05 Å².